The minimum absolute atomic E-state index is 0.0748. The van der Waals surface area contributed by atoms with Crippen LogP contribution in [0.3, 0.4) is 0 Å². The molecule has 1 fully saturated rings. The Balaban J connectivity index is 1.74. The Kier molecular flexibility index (Phi) is 5.48. The van der Waals surface area contributed by atoms with Crippen LogP contribution in [-0.4, -0.2) is 29.0 Å². The van der Waals surface area contributed by atoms with E-state index in [4.69, 9.17) is 0 Å². The quantitative estimate of drug-likeness (QED) is 0.885. The van der Waals surface area contributed by atoms with E-state index in [-0.39, 0.29) is 5.91 Å². The van der Waals surface area contributed by atoms with Gasteiger partial charge in [0.05, 0.1) is 0 Å². The Bertz CT molecular complexity index is 721. The van der Waals surface area contributed by atoms with Gasteiger partial charge in [0, 0.05) is 37.5 Å². The van der Waals surface area contributed by atoms with Crippen molar-refractivity contribution in [3.63, 3.8) is 0 Å². The molecular weight excluding hydrogens is 314 g/mol. The third-order valence-corrected chi connectivity index (χ3v) is 4.23. The predicted molar refractivity (Wildman–Crippen MR) is 101 cm³/mol. The van der Waals surface area contributed by atoms with Gasteiger partial charge in [-0.2, -0.15) is 0 Å². The van der Waals surface area contributed by atoms with Crippen molar-refractivity contribution in [3.8, 4) is 0 Å². The van der Waals surface area contributed by atoms with E-state index < -0.39 is 0 Å². The summed E-state index contributed by atoms with van der Waals surface area (Å²) in [7, 11) is 0. The van der Waals surface area contributed by atoms with Crippen molar-refractivity contribution in [1.82, 2.24) is 9.97 Å². The molecule has 0 aliphatic carbocycles. The molecule has 0 unspecified atom stereocenters. The largest absolute Gasteiger partial charge is 0.356 e. The highest BCUT2D eigenvalue weighted by Gasteiger charge is 2.13. The number of hydrogen-bond acceptors (Lipinski definition) is 5. The molecule has 25 heavy (non-hydrogen) atoms. The molecule has 132 valence electrons. The van der Waals surface area contributed by atoms with Crippen LogP contribution >= 0.6 is 0 Å². The Hall–Kier alpha value is -2.63. The summed E-state index contributed by atoms with van der Waals surface area (Å²) in [6.07, 6.45) is 5.03. The van der Waals surface area contributed by atoms with E-state index >= 15 is 0 Å². The van der Waals surface area contributed by atoms with Gasteiger partial charge < -0.3 is 15.5 Å². The number of carbonyl (C=O) groups excluding carboxylic acids is 1. The van der Waals surface area contributed by atoms with Crippen molar-refractivity contribution < 1.29 is 4.79 Å². The fourth-order valence-corrected chi connectivity index (χ4v) is 3.07. The lowest BCUT2D eigenvalue weighted by molar-refractivity contribution is -0.114. The molecule has 1 aromatic carbocycles. The average molecular weight is 339 g/mol. The van der Waals surface area contributed by atoms with Gasteiger partial charge in [-0.25, -0.2) is 9.97 Å². The number of aromatic nitrogens is 2. The van der Waals surface area contributed by atoms with Gasteiger partial charge in [-0.3, -0.25) is 4.79 Å². The molecule has 0 saturated carbocycles. The molecule has 2 N–H and O–H groups in total. The van der Waals surface area contributed by atoms with Crippen molar-refractivity contribution in [2.45, 2.75) is 39.5 Å². The average Bonchev–Trinajstić information content (AvgIpc) is 2.85. The van der Waals surface area contributed by atoms with E-state index in [9.17, 15) is 4.79 Å². The van der Waals surface area contributed by atoms with Crippen LogP contribution in [0.25, 0.3) is 0 Å². The topological polar surface area (TPSA) is 70.2 Å². The standard InChI is InChI=1S/C19H25N5O/c1-14-20-18(13-19(21-14)24-11-5-3-4-6-12-24)23-17-9-7-16(8-10-17)22-15(2)25/h7-10,13H,3-6,11-12H2,1-2H3,(H,22,25)(H,20,21,23). The van der Waals surface area contributed by atoms with Gasteiger partial charge in [-0.1, -0.05) is 12.8 Å². The number of benzene rings is 1. The number of aryl methyl sites for hydroxylation is 1. The first-order valence-corrected chi connectivity index (χ1v) is 8.85. The molecule has 0 radical (unpaired) electrons. The maximum Gasteiger partial charge on any atom is 0.221 e. The first-order chi connectivity index (χ1) is 12.1. The summed E-state index contributed by atoms with van der Waals surface area (Å²) in [5, 5.41) is 6.09. The molecule has 1 aliphatic rings. The summed E-state index contributed by atoms with van der Waals surface area (Å²) < 4.78 is 0. The lowest BCUT2D eigenvalue weighted by atomic mass is 10.2. The Morgan fingerprint density at radius 2 is 1.64 bits per heavy atom. The van der Waals surface area contributed by atoms with Crippen molar-refractivity contribution in [2.24, 2.45) is 0 Å². The number of anilines is 4. The molecule has 3 rings (SSSR count). The van der Waals surface area contributed by atoms with Crippen LogP contribution in [0.1, 0.15) is 38.4 Å². The van der Waals surface area contributed by atoms with E-state index in [1.807, 2.05) is 37.3 Å². The normalized spacial score (nSPS) is 14.7. The van der Waals surface area contributed by atoms with Gasteiger partial charge in [0.25, 0.3) is 0 Å². The number of carbonyl (C=O) groups is 1. The van der Waals surface area contributed by atoms with E-state index in [1.165, 1.54) is 32.6 Å². The van der Waals surface area contributed by atoms with Crippen LogP contribution in [0, 0.1) is 6.92 Å². The smallest absolute Gasteiger partial charge is 0.221 e. The highest BCUT2D eigenvalue weighted by Crippen LogP contribution is 2.23. The Morgan fingerprint density at radius 1 is 1.00 bits per heavy atom. The molecule has 1 amide bonds. The van der Waals surface area contributed by atoms with E-state index in [0.717, 1.165) is 41.9 Å². The van der Waals surface area contributed by atoms with Gasteiger partial charge in [0.2, 0.25) is 5.91 Å². The van der Waals surface area contributed by atoms with Crippen LogP contribution in [0.15, 0.2) is 30.3 Å². The van der Waals surface area contributed by atoms with Gasteiger partial charge in [-0.05, 0) is 44.0 Å². The molecular formula is C19H25N5O. The molecule has 2 aromatic rings. The van der Waals surface area contributed by atoms with Crippen molar-refractivity contribution in [3.05, 3.63) is 36.2 Å². The summed E-state index contributed by atoms with van der Waals surface area (Å²) >= 11 is 0. The monoisotopic (exact) mass is 339 g/mol. The van der Waals surface area contributed by atoms with Crippen molar-refractivity contribution >= 4 is 28.9 Å². The van der Waals surface area contributed by atoms with E-state index in [2.05, 4.69) is 25.5 Å². The maximum atomic E-state index is 11.1. The molecule has 1 aliphatic heterocycles. The maximum absolute atomic E-state index is 11.1. The molecule has 0 atom stereocenters. The first-order valence-electron chi connectivity index (χ1n) is 8.85. The zero-order chi connectivity index (χ0) is 17.6. The van der Waals surface area contributed by atoms with Crippen LogP contribution in [0.2, 0.25) is 0 Å². The summed E-state index contributed by atoms with van der Waals surface area (Å²) in [5.41, 5.74) is 1.70. The number of rotatable bonds is 4. The van der Waals surface area contributed by atoms with E-state index in [1.54, 1.807) is 0 Å². The third-order valence-electron chi connectivity index (χ3n) is 4.23. The van der Waals surface area contributed by atoms with Gasteiger partial charge in [0.15, 0.2) is 0 Å². The second-order valence-electron chi connectivity index (χ2n) is 6.44. The summed E-state index contributed by atoms with van der Waals surface area (Å²) in [6, 6.07) is 9.60. The van der Waals surface area contributed by atoms with Crippen LogP contribution in [0.5, 0.6) is 0 Å². The highest BCUT2D eigenvalue weighted by molar-refractivity contribution is 5.88. The van der Waals surface area contributed by atoms with Crippen molar-refractivity contribution in [1.29, 1.82) is 0 Å². The van der Waals surface area contributed by atoms with E-state index in [0.29, 0.717) is 0 Å². The van der Waals surface area contributed by atoms with Gasteiger partial charge in [0.1, 0.15) is 17.5 Å². The highest BCUT2D eigenvalue weighted by atomic mass is 16.1. The Labute approximate surface area is 148 Å². The molecule has 1 aromatic heterocycles. The lowest BCUT2D eigenvalue weighted by Crippen LogP contribution is -2.25. The SMILES string of the molecule is CC(=O)Nc1ccc(Nc2cc(N3CCCCCC3)nc(C)n2)cc1. The predicted octanol–water partition coefficient (Wildman–Crippen LogP) is 3.87. The minimum atomic E-state index is -0.0748. The lowest BCUT2D eigenvalue weighted by Gasteiger charge is -2.22. The zero-order valence-corrected chi connectivity index (χ0v) is 14.9. The number of nitrogens with one attached hydrogen (secondary N) is 2. The summed E-state index contributed by atoms with van der Waals surface area (Å²) in [6.45, 7) is 5.54. The fraction of sp³-hybridized carbons (Fsp3) is 0.421. The number of hydrogen-bond donors (Lipinski definition) is 2. The molecule has 0 bridgehead atoms. The first kappa shape index (κ1) is 17.2. The van der Waals surface area contributed by atoms with Crippen LogP contribution in [0.4, 0.5) is 23.0 Å². The van der Waals surface area contributed by atoms with Crippen LogP contribution < -0.4 is 15.5 Å². The number of nitrogens with zero attached hydrogens (tertiary/aromatic N) is 3. The molecule has 6 nitrogen and oxygen atoms in total. The second kappa shape index (κ2) is 7.96. The molecule has 6 heteroatoms. The molecule has 1 saturated heterocycles. The third kappa shape index (κ3) is 4.92. The van der Waals surface area contributed by atoms with Crippen molar-refractivity contribution in [2.75, 3.05) is 28.6 Å². The minimum Gasteiger partial charge on any atom is -0.356 e. The van der Waals surface area contributed by atoms with Gasteiger partial charge >= 0.3 is 0 Å². The summed E-state index contributed by atoms with van der Waals surface area (Å²) in [5.74, 6) is 2.47. The number of amides is 1. The summed E-state index contributed by atoms with van der Waals surface area (Å²) in [4.78, 5) is 22.6. The fourth-order valence-electron chi connectivity index (χ4n) is 3.07. The molecule has 2 heterocycles. The zero-order valence-electron chi connectivity index (χ0n) is 14.9. The Morgan fingerprint density at radius 3 is 2.28 bits per heavy atom. The van der Waals surface area contributed by atoms with Gasteiger partial charge in [-0.15, -0.1) is 0 Å². The second-order valence-corrected chi connectivity index (χ2v) is 6.44. The van der Waals surface area contributed by atoms with Crippen LogP contribution in [-0.2, 0) is 4.79 Å². The molecule has 0 spiro atoms.